The molecule has 0 aliphatic heterocycles. The summed E-state index contributed by atoms with van der Waals surface area (Å²) < 4.78 is 0. The van der Waals surface area contributed by atoms with E-state index in [1.54, 1.807) is 0 Å². The fourth-order valence-corrected chi connectivity index (χ4v) is 1.80. The zero-order valence-corrected chi connectivity index (χ0v) is 12.4. The normalized spacial score (nSPS) is 14.9. The first kappa shape index (κ1) is 19.6. The number of aliphatic carboxylic acids is 1. The summed E-state index contributed by atoms with van der Waals surface area (Å²) in [5.74, 6) is -2.28. The van der Waals surface area contributed by atoms with Gasteiger partial charge in [0.25, 0.3) is 0 Å². The number of carbonyl (C=O) groups is 3. The van der Waals surface area contributed by atoms with E-state index in [1.807, 2.05) is 6.26 Å². The van der Waals surface area contributed by atoms with Crippen molar-refractivity contribution in [1.82, 2.24) is 10.6 Å². The number of carboxylic acids is 1. The Labute approximate surface area is 126 Å². The highest BCUT2D eigenvalue weighted by Crippen LogP contribution is 2.02. The molecule has 0 heterocycles. The van der Waals surface area contributed by atoms with Gasteiger partial charge in [-0.25, -0.2) is 4.79 Å². The maximum absolute atomic E-state index is 12.0. The third kappa shape index (κ3) is 7.27. The van der Waals surface area contributed by atoms with Crippen molar-refractivity contribution >= 4 is 29.5 Å². The zero-order valence-electron chi connectivity index (χ0n) is 11.6. The lowest BCUT2D eigenvalue weighted by Gasteiger charge is -2.21. The number of carboxylic acid groups (broad SMARTS) is 1. The highest BCUT2D eigenvalue weighted by Gasteiger charge is 2.27. The zero-order chi connectivity index (χ0) is 16.4. The van der Waals surface area contributed by atoms with Gasteiger partial charge in [0.15, 0.2) is 0 Å². The van der Waals surface area contributed by atoms with Gasteiger partial charge in [-0.05, 0) is 18.4 Å². The maximum Gasteiger partial charge on any atom is 0.328 e. The van der Waals surface area contributed by atoms with Crippen LogP contribution in [0.2, 0.25) is 0 Å². The van der Waals surface area contributed by atoms with Crippen molar-refractivity contribution in [3.05, 3.63) is 0 Å². The Morgan fingerprint density at radius 1 is 1.10 bits per heavy atom. The van der Waals surface area contributed by atoms with E-state index >= 15 is 0 Å². The molecule has 0 spiro atoms. The van der Waals surface area contributed by atoms with E-state index in [0.717, 1.165) is 0 Å². The van der Waals surface area contributed by atoms with Crippen LogP contribution in [0.15, 0.2) is 0 Å². The van der Waals surface area contributed by atoms with E-state index in [9.17, 15) is 14.4 Å². The molecule has 0 aliphatic rings. The summed E-state index contributed by atoms with van der Waals surface area (Å²) in [5, 5.41) is 30.9. The highest BCUT2D eigenvalue weighted by molar-refractivity contribution is 7.98. The molecular formula is C11H21N3O6S. The SMILES string of the molecule is CSCC[C@H](NC(=O)[C@@H](N)CO)C(=O)N[C@@H](CO)C(=O)O. The van der Waals surface area contributed by atoms with Gasteiger partial charge in [0.05, 0.1) is 13.2 Å². The predicted molar refractivity (Wildman–Crippen MR) is 76.6 cm³/mol. The molecule has 7 N–H and O–H groups in total. The quantitative estimate of drug-likeness (QED) is 0.249. The minimum absolute atomic E-state index is 0.259. The van der Waals surface area contributed by atoms with E-state index in [4.69, 9.17) is 21.1 Å². The summed E-state index contributed by atoms with van der Waals surface area (Å²) in [7, 11) is 0. The molecular weight excluding hydrogens is 302 g/mol. The van der Waals surface area contributed by atoms with Crippen LogP contribution in [0.5, 0.6) is 0 Å². The van der Waals surface area contributed by atoms with Crippen LogP contribution in [-0.2, 0) is 14.4 Å². The second kappa shape index (κ2) is 10.4. The molecule has 0 fully saturated rings. The number of thioether (sulfide) groups is 1. The van der Waals surface area contributed by atoms with Crippen LogP contribution in [0, 0.1) is 0 Å². The molecule has 0 aromatic carbocycles. The second-order valence-corrected chi connectivity index (χ2v) is 5.20. The molecule has 0 rings (SSSR count). The van der Waals surface area contributed by atoms with Gasteiger partial charge in [0.1, 0.15) is 18.1 Å². The summed E-state index contributed by atoms with van der Waals surface area (Å²) in [6.07, 6.45) is 2.07. The van der Waals surface area contributed by atoms with Crippen molar-refractivity contribution in [2.45, 2.75) is 24.5 Å². The summed E-state index contributed by atoms with van der Waals surface area (Å²) >= 11 is 1.44. The average Bonchev–Trinajstić information content (AvgIpc) is 2.46. The molecule has 0 unspecified atom stereocenters. The Bertz CT molecular complexity index is 368. The molecule has 10 heteroatoms. The summed E-state index contributed by atoms with van der Waals surface area (Å²) in [6, 6.07) is -3.60. The molecule has 0 saturated heterocycles. The smallest absolute Gasteiger partial charge is 0.328 e. The van der Waals surface area contributed by atoms with Gasteiger partial charge in [-0.1, -0.05) is 0 Å². The van der Waals surface area contributed by atoms with Crippen LogP contribution in [0.25, 0.3) is 0 Å². The van der Waals surface area contributed by atoms with Gasteiger partial charge in [-0.15, -0.1) is 0 Å². The van der Waals surface area contributed by atoms with Crippen molar-refractivity contribution in [1.29, 1.82) is 0 Å². The number of hydrogen-bond acceptors (Lipinski definition) is 7. The Morgan fingerprint density at radius 2 is 1.67 bits per heavy atom. The molecule has 0 aliphatic carbocycles. The minimum atomic E-state index is -1.45. The van der Waals surface area contributed by atoms with E-state index < -0.39 is 49.1 Å². The fraction of sp³-hybridized carbons (Fsp3) is 0.727. The number of aliphatic hydroxyl groups is 2. The van der Waals surface area contributed by atoms with Crippen LogP contribution in [0.3, 0.4) is 0 Å². The average molecular weight is 323 g/mol. The molecule has 0 aromatic heterocycles. The first-order valence-electron chi connectivity index (χ1n) is 6.17. The molecule has 2 amide bonds. The summed E-state index contributed by atoms with van der Waals surface area (Å²) in [4.78, 5) is 34.3. The largest absolute Gasteiger partial charge is 0.480 e. The van der Waals surface area contributed by atoms with Crippen LogP contribution in [-0.4, -0.2) is 76.5 Å². The maximum atomic E-state index is 12.0. The van der Waals surface area contributed by atoms with Gasteiger partial charge in [-0.3, -0.25) is 9.59 Å². The number of nitrogens with one attached hydrogen (secondary N) is 2. The molecule has 3 atom stereocenters. The van der Waals surface area contributed by atoms with Crippen molar-refractivity contribution in [2.75, 3.05) is 25.2 Å². The topological polar surface area (TPSA) is 162 Å². The standard InChI is InChI=1S/C11H21N3O6S/c1-21-3-2-7(13-9(17)6(12)4-15)10(18)14-8(5-16)11(19)20/h6-8,15-16H,2-5,12H2,1H3,(H,13,17)(H,14,18)(H,19,20)/t6-,7-,8-/m0/s1. The van der Waals surface area contributed by atoms with Gasteiger partial charge in [-0.2, -0.15) is 11.8 Å². The fourth-order valence-electron chi connectivity index (χ4n) is 1.32. The van der Waals surface area contributed by atoms with E-state index in [-0.39, 0.29) is 6.42 Å². The first-order chi connectivity index (χ1) is 9.87. The summed E-state index contributed by atoms with van der Waals surface area (Å²) in [6.45, 7) is -1.34. The lowest BCUT2D eigenvalue weighted by atomic mass is 10.1. The van der Waals surface area contributed by atoms with Gasteiger partial charge >= 0.3 is 5.97 Å². The molecule has 122 valence electrons. The van der Waals surface area contributed by atoms with Crippen molar-refractivity contribution in [3.63, 3.8) is 0 Å². The van der Waals surface area contributed by atoms with Gasteiger partial charge in [0.2, 0.25) is 11.8 Å². The number of hydrogen-bond donors (Lipinski definition) is 6. The predicted octanol–water partition coefficient (Wildman–Crippen LogP) is -2.89. The van der Waals surface area contributed by atoms with E-state index in [0.29, 0.717) is 5.75 Å². The Kier molecular flexibility index (Phi) is 9.71. The Morgan fingerprint density at radius 3 is 2.10 bits per heavy atom. The highest BCUT2D eigenvalue weighted by atomic mass is 32.2. The van der Waals surface area contributed by atoms with E-state index in [1.165, 1.54) is 11.8 Å². The molecule has 0 radical (unpaired) electrons. The molecule has 0 aromatic rings. The van der Waals surface area contributed by atoms with Crippen molar-refractivity contribution < 1.29 is 29.7 Å². The number of amides is 2. The Balaban J connectivity index is 4.76. The number of aliphatic hydroxyl groups excluding tert-OH is 2. The number of carbonyl (C=O) groups excluding carboxylic acids is 2. The van der Waals surface area contributed by atoms with Gasteiger partial charge in [0, 0.05) is 0 Å². The third-order valence-corrected chi connectivity index (χ3v) is 3.22. The van der Waals surface area contributed by atoms with Gasteiger partial charge < -0.3 is 31.7 Å². The van der Waals surface area contributed by atoms with Crippen molar-refractivity contribution in [2.24, 2.45) is 5.73 Å². The first-order valence-corrected chi connectivity index (χ1v) is 7.56. The molecule has 21 heavy (non-hydrogen) atoms. The summed E-state index contributed by atoms with van der Waals surface area (Å²) in [5.41, 5.74) is 5.34. The third-order valence-electron chi connectivity index (χ3n) is 2.57. The van der Waals surface area contributed by atoms with E-state index in [2.05, 4.69) is 10.6 Å². The minimum Gasteiger partial charge on any atom is -0.480 e. The molecule has 0 saturated carbocycles. The van der Waals surface area contributed by atoms with Crippen LogP contribution in [0.4, 0.5) is 0 Å². The second-order valence-electron chi connectivity index (χ2n) is 4.21. The number of nitrogens with two attached hydrogens (primary N) is 1. The van der Waals surface area contributed by atoms with Crippen molar-refractivity contribution in [3.8, 4) is 0 Å². The van der Waals surface area contributed by atoms with Crippen LogP contribution < -0.4 is 16.4 Å². The lowest BCUT2D eigenvalue weighted by Crippen LogP contribution is -2.55. The molecule has 9 nitrogen and oxygen atoms in total. The monoisotopic (exact) mass is 323 g/mol. The lowest BCUT2D eigenvalue weighted by molar-refractivity contribution is -0.143. The van der Waals surface area contributed by atoms with Crippen LogP contribution in [0.1, 0.15) is 6.42 Å². The Hall–Kier alpha value is -1.36. The molecule has 0 bridgehead atoms. The number of rotatable bonds is 10. The van der Waals surface area contributed by atoms with Crippen LogP contribution >= 0.6 is 11.8 Å².